The molecule has 0 atom stereocenters. The van der Waals surface area contributed by atoms with E-state index in [1.54, 1.807) is 6.20 Å². The highest BCUT2D eigenvalue weighted by Crippen LogP contribution is 2.29. The Morgan fingerprint density at radius 3 is 2.93 bits per heavy atom. The summed E-state index contributed by atoms with van der Waals surface area (Å²) < 4.78 is 0. The van der Waals surface area contributed by atoms with Crippen LogP contribution in [0.5, 0.6) is 0 Å². The molecule has 0 saturated heterocycles. The standard InChI is InChI=1S/C10H15N3O/c1-8-4-5-11-10(12-8)13(6-7-14)9-2-3-9/h4-5,9,14H,2-3,6-7H2,1H3. The van der Waals surface area contributed by atoms with E-state index in [0.29, 0.717) is 12.6 Å². The summed E-state index contributed by atoms with van der Waals surface area (Å²) in [5, 5.41) is 8.95. The van der Waals surface area contributed by atoms with E-state index in [0.717, 1.165) is 11.6 Å². The van der Waals surface area contributed by atoms with Crippen LogP contribution in [-0.4, -0.2) is 34.3 Å². The number of aliphatic hydroxyl groups excluding tert-OH is 1. The molecule has 0 radical (unpaired) electrons. The summed E-state index contributed by atoms with van der Waals surface area (Å²) in [7, 11) is 0. The van der Waals surface area contributed by atoms with Crippen molar-refractivity contribution in [3.8, 4) is 0 Å². The van der Waals surface area contributed by atoms with Crippen LogP contribution in [0.1, 0.15) is 18.5 Å². The van der Waals surface area contributed by atoms with Gasteiger partial charge in [-0.2, -0.15) is 0 Å². The predicted octanol–water partition coefficient (Wildman–Crippen LogP) is 0.746. The summed E-state index contributed by atoms with van der Waals surface area (Å²) in [6.45, 7) is 2.75. The Kier molecular flexibility index (Phi) is 2.63. The third-order valence-electron chi connectivity index (χ3n) is 2.37. The normalized spacial score (nSPS) is 15.6. The summed E-state index contributed by atoms with van der Waals surface area (Å²) in [5.74, 6) is 0.751. The van der Waals surface area contributed by atoms with Crippen molar-refractivity contribution in [3.63, 3.8) is 0 Å². The van der Waals surface area contributed by atoms with Crippen molar-refractivity contribution >= 4 is 5.95 Å². The lowest BCUT2D eigenvalue weighted by molar-refractivity contribution is 0.300. The minimum absolute atomic E-state index is 0.161. The maximum absolute atomic E-state index is 8.95. The summed E-state index contributed by atoms with van der Waals surface area (Å²) in [6.07, 6.45) is 4.15. The molecule has 2 rings (SSSR count). The minimum Gasteiger partial charge on any atom is -0.395 e. The fraction of sp³-hybridized carbons (Fsp3) is 0.600. The minimum atomic E-state index is 0.161. The molecule has 1 aliphatic carbocycles. The summed E-state index contributed by atoms with van der Waals surface area (Å²) in [5.41, 5.74) is 0.971. The third-order valence-corrected chi connectivity index (χ3v) is 2.37. The SMILES string of the molecule is Cc1ccnc(N(CCO)C2CC2)n1. The van der Waals surface area contributed by atoms with E-state index in [1.165, 1.54) is 12.8 Å². The average molecular weight is 193 g/mol. The van der Waals surface area contributed by atoms with Crippen LogP contribution >= 0.6 is 0 Å². The first-order chi connectivity index (χ1) is 6.81. The lowest BCUT2D eigenvalue weighted by atomic mass is 10.4. The van der Waals surface area contributed by atoms with Crippen molar-refractivity contribution in [3.05, 3.63) is 18.0 Å². The number of aromatic nitrogens is 2. The first-order valence-corrected chi connectivity index (χ1v) is 4.98. The molecule has 1 fully saturated rings. The zero-order chi connectivity index (χ0) is 9.97. The molecule has 0 aliphatic heterocycles. The highest BCUT2D eigenvalue weighted by molar-refractivity contribution is 5.34. The zero-order valence-electron chi connectivity index (χ0n) is 8.35. The first kappa shape index (κ1) is 9.40. The zero-order valence-corrected chi connectivity index (χ0v) is 8.35. The average Bonchev–Trinajstić information content (AvgIpc) is 2.97. The second kappa shape index (κ2) is 3.92. The van der Waals surface area contributed by atoms with Gasteiger partial charge >= 0.3 is 0 Å². The number of nitrogens with zero attached hydrogens (tertiary/aromatic N) is 3. The quantitative estimate of drug-likeness (QED) is 0.766. The molecule has 1 saturated carbocycles. The number of anilines is 1. The van der Waals surface area contributed by atoms with Gasteiger partial charge in [-0.25, -0.2) is 9.97 Å². The van der Waals surface area contributed by atoms with Crippen LogP contribution in [0.2, 0.25) is 0 Å². The molecule has 0 bridgehead atoms. The molecule has 0 aromatic carbocycles. The van der Waals surface area contributed by atoms with Gasteiger partial charge in [0.15, 0.2) is 0 Å². The summed E-state index contributed by atoms with van der Waals surface area (Å²) in [6, 6.07) is 2.43. The van der Waals surface area contributed by atoms with Crippen LogP contribution in [0.25, 0.3) is 0 Å². The molecule has 76 valence electrons. The Morgan fingerprint density at radius 2 is 2.36 bits per heavy atom. The van der Waals surface area contributed by atoms with Crippen LogP contribution in [0.15, 0.2) is 12.3 Å². The highest BCUT2D eigenvalue weighted by atomic mass is 16.3. The van der Waals surface area contributed by atoms with Crippen molar-refractivity contribution in [2.75, 3.05) is 18.1 Å². The molecule has 1 aromatic rings. The van der Waals surface area contributed by atoms with Gasteiger partial charge in [0.25, 0.3) is 0 Å². The molecular formula is C10H15N3O. The first-order valence-electron chi connectivity index (χ1n) is 4.98. The Bertz CT molecular complexity index is 312. The predicted molar refractivity (Wildman–Crippen MR) is 54.2 cm³/mol. The van der Waals surface area contributed by atoms with Crippen LogP contribution in [0.3, 0.4) is 0 Å². The van der Waals surface area contributed by atoms with Gasteiger partial charge in [-0.1, -0.05) is 0 Å². The third kappa shape index (κ3) is 2.01. The van der Waals surface area contributed by atoms with Gasteiger partial charge in [-0.05, 0) is 25.8 Å². The van der Waals surface area contributed by atoms with Crippen LogP contribution in [-0.2, 0) is 0 Å². The van der Waals surface area contributed by atoms with Crippen molar-refractivity contribution in [1.29, 1.82) is 0 Å². The molecular weight excluding hydrogens is 178 g/mol. The van der Waals surface area contributed by atoms with Crippen molar-refractivity contribution < 1.29 is 5.11 Å². The number of aryl methyl sites for hydroxylation is 1. The highest BCUT2D eigenvalue weighted by Gasteiger charge is 2.30. The molecule has 1 aromatic heterocycles. The fourth-order valence-electron chi connectivity index (χ4n) is 1.51. The smallest absolute Gasteiger partial charge is 0.225 e. The number of aliphatic hydroxyl groups is 1. The van der Waals surface area contributed by atoms with Gasteiger partial charge < -0.3 is 10.0 Å². The van der Waals surface area contributed by atoms with Crippen molar-refractivity contribution in [2.24, 2.45) is 0 Å². The molecule has 4 nitrogen and oxygen atoms in total. The van der Waals surface area contributed by atoms with E-state index < -0.39 is 0 Å². The molecule has 4 heteroatoms. The monoisotopic (exact) mass is 193 g/mol. The second-order valence-electron chi connectivity index (χ2n) is 3.65. The Morgan fingerprint density at radius 1 is 1.57 bits per heavy atom. The van der Waals surface area contributed by atoms with Crippen molar-refractivity contribution in [1.82, 2.24) is 9.97 Å². The molecule has 0 unspecified atom stereocenters. The Balaban J connectivity index is 2.16. The van der Waals surface area contributed by atoms with E-state index in [4.69, 9.17) is 5.11 Å². The summed E-state index contributed by atoms with van der Waals surface area (Å²) in [4.78, 5) is 10.7. The van der Waals surface area contributed by atoms with Gasteiger partial charge in [0, 0.05) is 24.5 Å². The van der Waals surface area contributed by atoms with Crippen LogP contribution < -0.4 is 4.90 Å². The van der Waals surface area contributed by atoms with E-state index in [1.807, 2.05) is 13.0 Å². The van der Waals surface area contributed by atoms with Crippen LogP contribution in [0, 0.1) is 6.92 Å². The fourth-order valence-corrected chi connectivity index (χ4v) is 1.51. The van der Waals surface area contributed by atoms with E-state index >= 15 is 0 Å². The maximum atomic E-state index is 8.95. The van der Waals surface area contributed by atoms with Gasteiger partial charge in [0.1, 0.15) is 0 Å². The molecule has 1 N–H and O–H groups in total. The largest absolute Gasteiger partial charge is 0.395 e. The summed E-state index contributed by atoms with van der Waals surface area (Å²) >= 11 is 0. The van der Waals surface area contributed by atoms with Crippen molar-refractivity contribution in [2.45, 2.75) is 25.8 Å². The number of rotatable bonds is 4. The van der Waals surface area contributed by atoms with Gasteiger partial charge in [-0.3, -0.25) is 0 Å². The second-order valence-corrected chi connectivity index (χ2v) is 3.65. The lowest BCUT2D eigenvalue weighted by Gasteiger charge is -2.20. The maximum Gasteiger partial charge on any atom is 0.225 e. The molecule has 0 amide bonds. The van der Waals surface area contributed by atoms with Gasteiger partial charge in [0.2, 0.25) is 5.95 Å². The van der Waals surface area contributed by atoms with Gasteiger partial charge in [-0.15, -0.1) is 0 Å². The molecule has 14 heavy (non-hydrogen) atoms. The van der Waals surface area contributed by atoms with Crippen LogP contribution in [0.4, 0.5) is 5.95 Å². The van der Waals surface area contributed by atoms with E-state index in [9.17, 15) is 0 Å². The Labute approximate surface area is 83.6 Å². The molecule has 0 spiro atoms. The lowest BCUT2D eigenvalue weighted by Crippen LogP contribution is -2.30. The van der Waals surface area contributed by atoms with E-state index in [2.05, 4.69) is 14.9 Å². The molecule has 1 heterocycles. The van der Waals surface area contributed by atoms with Gasteiger partial charge in [0.05, 0.1) is 6.61 Å². The molecule has 1 aliphatic rings. The topological polar surface area (TPSA) is 49.2 Å². The number of hydrogen-bond acceptors (Lipinski definition) is 4. The Hall–Kier alpha value is -1.16. The number of hydrogen-bond donors (Lipinski definition) is 1. The van der Waals surface area contributed by atoms with E-state index in [-0.39, 0.29) is 6.61 Å².